The van der Waals surface area contributed by atoms with Crippen LogP contribution in [-0.2, 0) is 11.9 Å². The fourth-order valence-electron chi connectivity index (χ4n) is 1.91. The van der Waals surface area contributed by atoms with Crippen molar-refractivity contribution < 1.29 is 35.6 Å². The number of hydrogen-bond acceptors (Lipinski definition) is 5. The zero-order valence-corrected chi connectivity index (χ0v) is 14.4. The van der Waals surface area contributed by atoms with Crippen LogP contribution >= 0.6 is 11.8 Å². The van der Waals surface area contributed by atoms with Crippen molar-refractivity contribution in [1.82, 2.24) is 10.1 Å². The van der Waals surface area contributed by atoms with Crippen LogP contribution in [0.15, 0.2) is 22.7 Å². The van der Waals surface area contributed by atoms with Gasteiger partial charge in [-0.2, -0.15) is 29.9 Å². The summed E-state index contributed by atoms with van der Waals surface area (Å²) in [6.45, 7) is 4.01. The highest BCUT2D eigenvalue weighted by Gasteiger charge is 2.39. The summed E-state index contributed by atoms with van der Waals surface area (Å²) in [5, 5.41) is 3.10. The van der Waals surface area contributed by atoms with Crippen LogP contribution in [0.5, 0.6) is 5.75 Å². The number of alkyl halides is 6. The highest BCUT2D eigenvalue weighted by atomic mass is 32.2. The number of nitrogens with zero attached hydrogens (tertiary/aromatic N) is 2. The Morgan fingerprint density at radius 2 is 1.85 bits per heavy atom. The Morgan fingerprint density at radius 1 is 1.15 bits per heavy atom. The lowest BCUT2D eigenvalue weighted by atomic mass is 10.1. The van der Waals surface area contributed by atoms with Gasteiger partial charge in [0, 0.05) is 5.75 Å². The summed E-state index contributed by atoms with van der Waals surface area (Å²) in [4.78, 5) is 3.10. The van der Waals surface area contributed by atoms with Crippen molar-refractivity contribution in [3.05, 3.63) is 29.7 Å². The summed E-state index contributed by atoms with van der Waals surface area (Å²) in [7, 11) is 0. The van der Waals surface area contributed by atoms with E-state index in [1.54, 1.807) is 0 Å². The smallest absolute Gasteiger partial charge is 0.405 e. The van der Waals surface area contributed by atoms with Crippen molar-refractivity contribution in [3.8, 4) is 17.1 Å². The van der Waals surface area contributed by atoms with E-state index in [1.807, 2.05) is 13.8 Å². The summed E-state index contributed by atoms with van der Waals surface area (Å²) >= 11 is 1.51. The summed E-state index contributed by atoms with van der Waals surface area (Å²) in [6, 6.07) is 3.77. The molecule has 0 saturated heterocycles. The molecule has 4 nitrogen and oxygen atoms in total. The van der Waals surface area contributed by atoms with E-state index >= 15 is 0 Å². The predicted molar refractivity (Wildman–Crippen MR) is 82.4 cm³/mol. The molecule has 0 aliphatic carbocycles. The molecule has 1 aromatic carbocycles. The van der Waals surface area contributed by atoms with Gasteiger partial charge in [-0.1, -0.05) is 25.1 Å². The third-order valence-corrected chi connectivity index (χ3v) is 4.34. The van der Waals surface area contributed by atoms with Gasteiger partial charge in [-0.3, -0.25) is 0 Å². The summed E-state index contributed by atoms with van der Waals surface area (Å²) in [5.74, 6) is -1.34. The van der Waals surface area contributed by atoms with E-state index in [1.165, 1.54) is 23.9 Å². The first-order valence-corrected chi connectivity index (χ1v) is 8.49. The first-order chi connectivity index (χ1) is 12.0. The molecule has 26 heavy (non-hydrogen) atoms. The first-order valence-electron chi connectivity index (χ1n) is 7.33. The lowest BCUT2D eigenvalue weighted by Gasteiger charge is -2.13. The zero-order chi connectivity index (χ0) is 19.5. The number of ether oxygens (including phenoxy) is 1. The van der Waals surface area contributed by atoms with Gasteiger partial charge in [-0.15, -0.1) is 13.2 Å². The molecule has 0 amide bonds. The fourth-order valence-corrected chi connectivity index (χ4v) is 2.92. The van der Waals surface area contributed by atoms with E-state index in [4.69, 9.17) is 0 Å². The van der Waals surface area contributed by atoms with Gasteiger partial charge < -0.3 is 9.26 Å². The number of thioether (sulfide) groups is 1. The number of rotatable bonds is 6. The Kier molecular flexibility index (Phi) is 6.09. The number of hydrogen-bond donors (Lipinski definition) is 0. The molecule has 0 saturated carbocycles. The largest absolute Gasteiger partial charge is 0.573 e. The molecule has 0 fully saturated rings. The van der Waals surface area contributed by atoms with Gasteiger partial charge in [0.1, 0.15) is 5.75 Å². The minimum absolute atomic E-state index is 0.348. The van der Waals surface area contributed by atoms with Crippen LogP contribution in [0.2, 0.25) is 0 Å². The molecule has 0 radical (unpaired) electrons. The number of halogens is 6. The second-order valence-corrected chi connectivity index (χ2v) is 6.74. The SMILES string of the molecule is CC(C)CSCc1ccc(-c2noc(C(F)(F)F)n2)c(OC(F)(F)F)c1. The van der Waals surface area contributed by atoms with Crippen LogP contribution in [0.25, 0.3) is 11.4 Å². The molecule has 0 unspecified atom stereocenters. The average Bonchev–Trinajstić information content (AvgIpc) is 2.95. The molecule has 0 spiro atoms. The molecule has 1 aromatic heterocycles. The molecule has 0 N–H and O–H groups in total. The topological polar surface area (TPSA) is 48.2 Å². The van der Waals surface area contributed by atoms with Crippen LogP contribution in [-0.4, -0.2) is 22.3 Å². The lowest BCUT2D eigenvalue weighted by Crippen LogP contribution is -2.18. The van der Waals surface area contributed by atoms with E-state index in [0.717, 1.165) is 11.8 Å². The Morgan fingerprint density at radius 3 is 2.38 bits per heavy atom. The van der Waals surface area contributed by atoms with Gasteiger partial charge in [0.05, 0.1) is 5.56 Å². The highest BCUT2D eigenvalue weighted by Crippen LogP contribution is 2.36. The van der Waals surface area contributed by atoms with E-state index in [9.17, 15) is 26.3 Å². The minimum Gasteiger partial charge on any atom is -0.405 e. The average molecular weight is 400 g/mol. The van der Waals surface area contributed by atoms with E-state index in [0.29, 0.717) is 17.2 Å². The molecule has 2 rings (SSSR count). The molecule has 144 valence electrons. The summed E-state index contributed by atoms with van der Waals surface area (Å²) in [6.07, 6.45) is -9.92. The quantitative estimate of drug-likeness (QED) is 0.596. The molecule has 1 heterocycles. The van der Waals surface area contributed by atoms with Crippen LogP contribution in [0, 0.1) is 5.92 Å². The summed E-state index contributed by atoms with van der Waals surface area (Å²) < 4.78 is 83.6. The van der Waals surface area contributed by atoms with Crippen molar-refractivity contribution in [1.29, 1.82) is 0 Å². The van der Waals surface area contributed by atoms with Crippen LogP contribution < -0.4 is 4.74 Å². The standard InChI is InChI=1S/C15H14F6N2O2S/c1-8(2)6-26-7-9-3-4-10(11(5-9)24-15(19,20)21)12-22-13(25-23-12)14(16,17)18/h3-5,8H,6-7H2,1-2H3. The lowest BCUT2D eigenvalue weighted by molar-refractivity contribution is -0.274. The second kappa shape index (κ2) is 7.77. The van der Waals surface area contributed by atoms with Crippen molar-refractivity contribution >= 4 is 11.8 Å². The van der Waals surface area contributed by atoms with Crippen molar-refractivity contribution in [2.75, 3.05) is 5.75 Å². The molecule has 0 atom stereocenters. The maximum absolute atomic E-state index is 12.6. The number of benzene rings is 1. The van der Waals surface area contributed by atoms with Crippen LogP contribution in [0.3, 0.4) is 0 Å². The Balaban J connectivity index is 2.33. The zero-order valence-electron chi connectivity index (χ0n) is 13.6. The maximum atomic E-state index is 12.6. The van der Waals surface area contributed by atoms with Crippen LogP contribution in [0.1, 0.15) is 25.3 Å². The molecular formula is C15H14F6N2O2S. The first kappa shape index (κ1) is 20.4. The van der Waals surface area contributed by atoms with Gasteiger partial charge in [-0.25, -0.2) is 0 Å². The highest BCUT2D eigenvalue weighted by molar-refractivity contribution is 7.98. The van der Waals surface area contributed by atoms with Gasteiger partial charge in [-0.05, 0) is 29.4 Å². The Hall–Kier alpha value is -1.91. The van der Waals surface area contributed by atoms with E-state index in [2.05, 4.69) is 19.4 Å². The second-order valence-electron chi connectivity index (χ2n) is 5.71. The molecular weight excluding hydrogens is 386 g/mol. The van der Waals surface area contributed by atoms with E-state index < -0.39 is 30.0 Å². The maximum Gasteiger partial charge on any atom is 0.573 e. The van der Waals surface area contributed by atoms with Crippen LogP contribution in [0.4, 0.5) is 26.3 Å². The summed E-state index contributed by atoms with van der Waals surface area (Å²) in [5.41, 5.74) is 0.178. The third-order valence-electron chi connectivity index (χ3n) is 2.90. The fraction of sp³-hybridized carbons (Fsp3) is 0.467. The molecule has 0 aliphatic heterocycles. The Labute approximate surface area is 148 Å². The van der Waals surface area contributed by atoms with Gasteiger partial charge in [0.25, 0.3) is 0 Å². The minimum atomic E-state index is -5.02. The van der Waals surface area contributed by atoms with Crippen molar-refractivity contribution in [2.45, 2.75) is 32.1 Å². The van der Waals surface area contributed by atoms with E-state index in [-0.39, 0.29) is 5.56 Å². The third kappa shape index (κ3) is 5.82. The molecule has 0 bridgehead atoms. The monoisotopic (exact) mass is 400 g/mol. The predicted octanol–water partition coefficient (Wildman–Crippen LogP) is 5.54. The normalized spacial score (nSPS) is 12.7. The number of aromatic nitrogens is 2. The molecule has 0 aliphatic rings. The van der Waals surface area contributed by atoms with Crippen molar-refractivity contribution in [2.24, 2.45) is 5.92 Å². The van der Waals surface area contributed by atoms with Gasteiger partial charge >= 0.3 is 18.4 Å². The molecule has 11 heteroatoms. The Bertz CT molecular complexity index is 742. The van der Waals surface area contributed by atoms with Gasteiger partial charge in [0.15, 0.2) is 0 Å². The van der Waals surface area contributed by atoms with Gasteiger partial charge in [0.2, 0.25) is 5.82 Å². The molecule has 2 aromatic rings. The van der Waals surface area contributed by atoms with Crippen molar-refractivity contribution in [3.63, 3.8) is 0 Å².